The second-order valence-electron chi connectivity index (χ2n) is 6.76. The zero-order valence-corrected chi connectivity index (χ0v) is 15.6. The molecule has 0 spiro atoms. The van der Waals surface area contributed by atoms with Crippen molar-refractivity contribution < 1.29 is 9.59 Å². The van der Waals surface area contributed by atoms with Gasteiger partial charge < -0.3 is 10.6 Å². The van der Waals surface area contributed by atoms with Crippen LogP contribution < -0.4 is 15.5 Å². The largest absolute Gasteiger partial charge is 0.360 e. The lowest BCUT2D eigenvalue weighted by Gasteiger charge is -2.27. The van der Waals surface area contributed by atoms with Gasteiger partial charge in [0.1, 0.15) is 0 Å². The van der Waals surface area contributed by atoms with Crippen molar-refractivity contribution in [3.63, 3.8) is 0 Å². The molecule has 2 heterocycles. The number of aromatic nitrogens is 1. The number of carbonyl (C=O) groups excluding carboxylic acids is 2. The lowest BCUT2D eigenvalue weighted by atomic mass is 10.2. The van der Waals surface area contributed by atoms with Crippen molar-refractivity contribution in [2.24, 2.45) is 0 Å². The third-order valence-corrected chi connectivity index (χ3v) is 4.60. The van der Waals surface area contributed by atoms with Crippen LogP contribution in [0.25, 0.3) is 0 Å². The summed E-state index contributed by atoms with van der Waals surface area (Å²) in [5, 5.41) is 6.17. The van der Waals surface area contributed by atoms with Crippen LogP contribution in [0.2, 0.25) is 0 Å². The molecule has 1 aromatic heterocycles. The van der Waals surface area contributed by atoms with Crippen molar-refractivity contribution >= 4 is 28.9 Å². The van der Waals surface area contributed by atoms with Gasteiger partial charge in [-0.3, -0.25) is 19.5 Å². The first-order chi connectivity index (χ1) is 13.5. The van der Waals surface area contributed by atoms with Crippen molar-refractivity contribution in [1.29, 1.82) is 0 Å². The molecule has 2 amide bonds. The lowest BCUT2D eigenvalue weighted by Crippen LogP contribution is -2.32. The van der Waals surface area contributed by atoms with Gasteiger partial charge in [0.15, 0.2) is 6.17 Å². The van der Waals surface area contributed by atoms with Crippen molar-refractivity contribution in [3.05, 3.63) is 83.7 Å². The van der Waals surface area contributed by atoms with Crippen LogP contribution in [-0.4, -0.2) is 16.8 Å². The van der Waals surface area contributed by atoms with Crippen LogP contribution in [0, 0.1) is 6.92 Å². The minimum absolute atomic E-state index is 0.0949. The third kappa shape index (κ3) is 3.32. The highest BCUT2D eigenvalue weighted by molar-refractivity contribution is 6.11. The predicted molar refractivity (Wildman–Crippen MR) is 109 cm³/mol. The van der Waals surface area contributed by atoms with Crippen molar-refractivity contribution in [2.45, 2.75) is 20.0 Å². The Labute approximate surface area is 163 Å². The minimum atomic E-state index is -0.445. The molecule has 0 bridgehead atoms. The maximum Gasteiger partial charge on any atom is 0.262 e. The molecule has 0 saturated carbocycles. The maximum absolute atomic E-state index is 13.1. The molecular formula is C22H20N4O2. The van der Waals surface area contributed by atoms with Gasteiger partial charge in [0.2, 0.25) is 5.91 Å². The Morgan fingerprint density at radius 3 is 2.54 bits per heavy atom. The average molecular weight is 372 g/mol. The van der Waals surface area contributed by atoms with Crippen LogP contribution >= 0.6 is 0 Å². The van der Waals surface area contributed by atoms with Gasteiger partial charge in [-0.1, -0.05) is 23.8 Å². The van der Waals surface area contributed by atoms with Crippen LogP contribution in [0.5, 0.6) is 0 Å². The molecule has 6 nitrogen and oxygen atoms in total. The second-order valence-corrected chi connectivity index (χ2v) is 6.76. The fourth-order valence-corrected chi connectivity index (χ4v) is 3.34. The van der Waals surface area contributed by atoms with E-state index >= 15 is 0 Å². The Bertz CT molecular complexity index is 1050. The Balaban J connectivity index is 1.72. The van der Waals surface area contributed by atoms with E-state index in [-0.39, 0.29) is 11.8 Å². The summed E-state index contributed by atoms with van der Waals surface area (Å²) in [5.41, 5.74) is 4.64. The fourth-order valence-electron chi connectivity index (χ4n) is 3.34. The van der Waals surface area contributed by atoms with Gasteiger partial charge in [-0.25, -0.2) is 0 Å². The zero-order valence-electron chi connectivity index (χ0n) is 15.6. The summed E-state index contributed by atoms with van der Waals surface area (Å²) < 4.78 is 0. The molecule has 1 aliphatic heterocycles. The van der Waals surface area contributed by atoms with E-state index in [2.05, 4.69) is 15.6 Å². The van der Waals surface area contributed by atoms with Crippen LogP contribution in [0.15, 0.2) is 66.9 Å². The maximum atomic E-state index is 13.1. The predicted octanol–water partition coefficient (Wildman–Crippen LogP) is 4.12. The number of amides is 2. The number of fused-ring (bicyclic) bond motifs is 1. The van der Waals surface area contributed by atoms with E-state index in [1.165, 1.54) is 6.92 Å². The minimum Gasteiger partial charge on any atom is -0.360 e. The number of nitrogens with zero attached hydrogens (tertiary/aromatic N) is 2. The second kappa shape index (κ2) is 7.15. The van der Waals surface area contributed by atoms with Crippen molar-refractivity contribution in [2.75, 3.05) is 15.5 Å². The van der Waals surface area contributed by atoms with Gasteiger partial charge in [-0.2, -0.15) is 0 Å². The number of anilines is 3. The van der Waals surface area contributed by atoms with E-state index < -0.39 is 6.17 Å². The normalized spacial score (nSPS) is 15.3. The molecule has 6 heteroatoms. The first-order valence-electron chi connectivity index (χ1n) is 9.02. The van der Waals surface area contributed by atoms with E-state index in [1.54, 1.807) is 23.2 Å². The highest BCUT2D eigenvalue weighted by atomic mass is 16.2. The summed E-state index contributed by atoms with van der Waals surface area (Å²) >= 11 is 0. The summed E-state index contributed by atoms with van der Waals surface area (Å²) in [7, 11) is 0. The molecule has 0 aliphatic carbocycles. The summed E-state index contributed by atoms with van der Waals surface area (Å²) in [5.74, 6) is -0.232. The molecule has 28 heavy (non-hydrogen) atoms. The Hall–Kier alpha value is -3.67. The molecule has 4 rings (SSSR count). The van der Waals surface area contributed by atoms with Crippen molar-refractivity contribution in [1.82, 2.24) is 4.98 Å². The van der Waals surface area contributed by atoms with Gasteiger partial charge in [0.25, 0.3) is 5.91 Å². The summed E-state index contributed by atoms with van der Waals surface area (Å²) in [6.45, 7) is 3.48. The number of nitrogens with one attached hydrogen (secondary N) is 2. The molecule has 0 saturated heterocycles. The molecule has 2 N–H and O–H groups in total. The molecule has 0 fully saturated rings. The quantitative estimate of drug-likeness (QED) is 0.722. The van der Waals surface area contributed by atoms with Gasteiger partial charge in [0.05, 0.1) is 11.3 Å². The topological polar surface area (TPSA) is 74.3 Å². The number of rotatable bonds is 4. The smallest absolute Gasteiger partial charge is 0.262 e. The Kier molecular flexibility index (Phi) is 4.53. The first-order valence-corrected chi connectivity index (χ1v) is 9.02. The van der Waals surface area contributed by atoms with E-state index in [4.69, 9.17) is 0 Å². The zero-order chi connectivity index (χ0) is 19.7. The van der Waals surface area contributed by atoms with Crippen LogP contribution in [0.4, 0.5) is 17.1 Å². The molecule has 1 atom stereocenters. The highest BCUT2D eigenvalue weighted by Crippen LogP contribution is 2.37. The van der Waals surface area contributed by atoms with Crippen molar-refractivity contribution in [3.8, 4) is 0 Å². The molecular weight excluding hydrogens is 352 g/mol. The van der Waals surface area contributed by atoms with E-state index in [0.717, 1.165) is 16.9 Å². The first kappa shape index (κ1) is 17.7. The number of hydrogen-bond acceptors (Lipinski definition) is 4. The molecule has 140 valence electrons. The highest BCUT2D eigenvalue weighted by Gasteiger charge is 2.38. The number of pyridine rings is 1. The molecule has 1 aliphatic rings. The molecule has 0 radical (unpaired) electrons. The lowest BCUT2D eigenvalue weighted by molar-refractivity contribution is -0.114. The molecule has 2 aromatic carbocycles. The van der Waals surface area contributed by atoms with Gasteiger partial charge >= 0.3 is 0 Å². The number of carbonyl (C=O) groups is 2. The standard InChI is InChI=1S/C22H20N4O2/c1-14-8-10-18(11-9-14)26-21(20-19(22(26)28)7-4-12-23-20)25-17-6-3-5-16(13-17)24-15(2)27/h3-13,21,25H,1-2H3,(H,24,27). The SMILES string of the molecule is CC(=O)Nc1cccc(NC2c3ncccc3C(=O)N2c2ccc(C)cc2)c1. The monoisotopic (exact) mass is 372 g/mol. The van der Waals surface area contributed by atoms with Gasteiger partial charge in [0, 0.05) is 30.2 Å². The third-order valence-electron chi connectivity index (χ3n) is 4.60. The Morgan fingerprint density at radius 2 is 1.79 bits per heavy atom. The van der Waals surface area contributed by atoms with E-state index in [1.807, 2.05) is 55.5 Å². The summed E-state index contributed by atoms with van der Waals surface area (Å²) in [6, 6.07) is 18.8. The summed E-state index contributed by atoms with van der Waals surface area (Å²) in [4.78, 5) is 30.6. The van der Waals surface area contributed by atoms with E-state index in [9.17, 15) is 9.59 Å². The van der Waals surface area contributed by atoms with Gasteiger partial charge in [-0.15, -0.1) is 0 Å². The average Bonchev–Trinajstić information content (AvgIpc) is 2.95. The van der Waals surface area contributed by atoms with Crippen LogP contribution in [0.1, 0.15) is 34.7 Å². The number of hydrogen-bond donors (Lipinski definition) is 2. The number of aryl methyl sites for hydroxylation is 1. The summed E-state index contributed by atoms with van der Waals surface area (Å²) in [6.07, 6.45) is 1.24. The number of benzene rings is 2. The van der Waals surface area contributed by atoms with Crippen LogP contribution in [-0.2, 0) is 4.79 Å². The van der Waals surface area contributed by atoms with Crippen LogP contribution in [0.3, 0.4) is 0 Å². The Morgan fingerprint density at radius 1 is 1.04 bits per heavy atom. The fraction of sp³-hybridized carbons (Fsp3) is 0.136. The molecule has 1 unspecified atom stereocenters. The molecule has 3 aromatic rings. The van der Waals surface area contributed by atoms with Gasteiger partial charge in [-0.05, 0) is 49.4 Å². The van der Waals surface area contributed by atoms with E-state index in [0.29, 0.717) is 16.9 Å².